The second-order valence-electron chi connectivity index (χ2n) is 7.49. The lowest BCUT2D eigenvalue weighted by atomic mass is 10.1. The molecule has 0 N–H and O–H groups in total. The molecule has 0 unspecified atom stereocenters. The Balaban J connectivity index is 1.99. The Kier molecular flexibility index (Phi) is 6.15. The van der Waals surface area contributed by atoms with Gasteiger partial charge in [0.05, 0.1) is 16.0 Å². The van der Waals surface area contributed by atoms with E-state index >= 15 is 0 Å². The van der Waals surface area contributed by atoms with Crippen molar-refractivity contribution in [2.75, 3.05) is 6.26 Å². The van der Waals surface area contributed by atoms with Crippen molar-refractivity contribution in [2.45, 2.75) is 43.4 Å². The lowest BCUT2D eigenvalue weighted by molar-refractivity contribution is -0.189. The molecule has 0 saturated carbocycles. The second kappa shape index (κ2) is 8.19. The van der Waals surface area contributed by atoms with Gasteiger partial charge in [0.1, 0.15) is 11.6 Å². The molecule has 13 heteroatoms. The first-order chi connectivity index (χ1) is 15.0. The van der Waals surface area contributed by atoms with Crippen molar-refractivity contribution in [3.8, 4) is 5.75 Å². The first kappa shape index (κ1) is 24.8. The van der Waals surface area contributed by atoms with E-state index in [1.165, 1.54) is 0 Å². The number of rotatable bonds is 4. The van der Waals surface area contributed by atoms with Crippen molar-refractivity contribution in [3.05, 3.63) is 58.4 Å². The van der Waals surface area contributed by atoms with Crippen LogP contribution in [0, 0.1) is 5.82 Å². The van der Waals surface area contributed by atoms with Crippen LogP contribution in [-0.2, 0) is 29.1 Å². The Bertz CT molecular complexity index is 1210. The lowest BCUT2D eigenvalue weighted by Crippen LogP contribution is -2.32. The van der Waals surface area contributed by atoms with Crippen LogP contribution in [0.5, 0.6) is 5.75 Å². The van der Waals surface area contributed by atoms with Crippen LogP contribution in [0.4, 0.5) is 30.7 Å². The molecule has 0 fully saturated rings. The van der Waals surface area contributed by atoms with Crippen LogP contribution in [-0.4, -0.2) is 37.8 Å². The molecule has 0 spiro atoms. The fourth-order valence-electron chi connectivity index (χ4n) is 3.22. The average molecular weight is 499 g/mol. The molecule has 5 nitrogen and oxygen atoms in total. The van der Waals surface area contributed by atoms with Crippen molar-refractivity contribution in [1.82, 2.24) is 4.90 Å². The summed E-state index contributed by atoms with van der Waals surface area (Å²) in [4.78, 5) is 13.6. The summed E-state index contributed by atoms with van der Waals surface area (Å²) in [7, 11) is -3.86. The van der Waals surface area contributed by atoms with E-state index in [0.29, 0.717) is 19.1 Å². The standard InChI is InChI=1S/C20H16F7NO4S/c1-10(19(22,23)24)32-17-4-3-13(33(2,30)31)7-14(17)18(29)28-8-11-5-15(20(25,26)27)16(21)6-12(11)9-28/h3-7,10H,8-9H2,1-2H3/t10-/m0/s1. The maximum atomic E-state index is 13.9. The highest BCUT2D eigenvalue weighted by Crippen LogP contribution is 2.37. The van der Waals surface area contributed by atoms with E-state index in [9.17, 15) is 43.9 Å². The van der Waals surface area contributed by atoms with Gasteiger partial charge in [0, 0.05) is 19.3 Å². The van der Waals surface area contributed by atoms with E-state index in [0.717, 1.165) is 29.4 Å². The monoisotopic (exact) mass is 499 g/mol. The first-order valence-corrected chi connectivity index (χ1v) is 11.1. The predicted octanol–water partition coefficient (Wildman–Crippen LogP) is 4.73. The molecule has 0 bridgehead atoms. The number of hydrogen-bond acceptors (Lipinski definition) is 4. The van der Waals surface area contributed by atoms with Gasteiger partial charge in [-0.25, -0.2) is 12.8 Å². The molecule has 180 valence electrons. The van der Waals surface area contributed by atoms with Crippen LogP contribution < -0.4 is 4.74 Å². The Labute approximate surface area is 183 Å². The molecule has 1 aliphatic heterocycles. The predicted molar refractivity (Wildman–Crippen MR) is 101 cm³/mol. The molecule has 1 amide bonds. The number of hydrogen-bond donors (Lipinski definition) is 0. The van der Waals surface area contributed by atoms with Crippen molar-refractivity contribution in [2.24, 2.45) is 0 Å². The number of carbonyl (C=O) groups is 1. The third-order valence-electron chi connectivity index (χ3n) is 4.98. The van der Waals surface area contributed by atoms with Gasteiger partial charge < -0.3 is 9.64 Å². The molecule has 0 aliphatic carbocycles. The summed E-state index contributed by atoms with van der Waals surface area (Å²) in [6.45, 7) is -0.0403. The fraction of sp³-hybridized carbons (Fsp3) is 0.350. The highest BCUT2D eigenvalue weighted by Gasteiger charge is 2.40. The molecule has 33 heavy (non-hydrogen) atoms. The van der Waals surface area contributed by atoms with E-state index in [-0.39, 0.29) is 22.6 Å². The molecule has 0 saturated heterocycles. The summed E-state index contributed by atoms with van der Waals surface area (Å²) < 4.78 is 120. The third kappa shape index (κ3) is 5.23. The zero-order valence-electron chi connectivity index (χ0n) is 17.0. The zero-order chi connectivity index (χ0) is 24.9. The highest BCUT2D eigenvalue weighted by molar-refractivity contribution is 7.90. The maximum Gasteiger partial charge on any atom is 0.425 e. The number of fused-ring (bicyclic) bond motifs is 1. The molecule has 3 rings (SSSR count). The summed E-state index contributed by atoms with van der Waals surface area (Å²) >= 11 is 0. The largest absolute Gasteiger partial charge is 0.480 e. The summed E-state index contributed by atoms with van der Waals surface area (Å²) in [5.74, 6) is -3.08. The first-order valence-electron chi connectivity index (χ1n) is 9.23. The number of halogens is 7. The Hall–Kier alpha value is -2.83. The maximum absolute atomic E-state index is 13.9. The van der Waals surface area contributed by atoms with Crippen LogP contribution in [0.15, 0.2) is 35.2 Å². The van der Waals surface area contributed by atoms with Crippen LogP contribution in [0.3, 0.4) is 0 Å². The van der Waals surface area contributed by atoms with Gasteiger partial charge in [-0.15, -0.1) is 0 Å². The van der Waals surface area contributed by atoms with Gasteiger partial charge in [0.25, 0.3) is 5.91 Å². The van der Waals surface area contributed by atoms with Gasteiger partial charge in [-0.2, -0.15) is 26.3 Å². The number of carbonyl (C=O) groups excluding carboxylic acids is 1. The second-order valence-corrected chi connectivity index (χ2v) is 9.51. The van der Waals surface area contributed by atoms with Crippen molar-refractivity contribution in [1.29, 1.82) is 0 Å². The SMILES string of the molecule is C[C@H](Oc1ccc(S(C)(=O)=O)cc1C(=O)N1Cc2cc(F)c(C(F)(F)F)cc2C1)C(F)(F)F. The quantitative estimate of drug-likeness (QED) is 0.571. The molecule has 1 atom stereocenters. The molecular formula is C20H16F7NO4S. The van der Waals surface area contributed by atoms with E-state index in [4.69, 9.17) is 4.74 Å². The molecule has 1 heterocycles. The minimum atomic E-state index is -4.96. The molecular weight excluding hydrogens is 483 g/mol. The summed E-state index contributed by atoms with van der Waals surface area (Å²) in [5.41, 5.74) is -1.96. The summed E-state index contributed by atoms with van der Waals surface area (Å²) in [6, 6.07) is 3.90. The van der Waals surface area contributed by atoms with Crippen molar-refractivity contribution < 1.29 is 48.7 Å². The van der Waals surface area contributed by atoms with Gasteiger partial charge in [-0.05, 0) is 48.4 Å². The Morgan fingerprint density at radius 2 is 1.61 bits per heavy atom. The Morgan fingerprint density at radius 1 is 1.03 bits per heavy atom. The van der Waals surface area contributed by atoms with Gasteiger partial charge in [0.15, 0.2) is 15.9 Å². The van der Waals surface area contributed by atoms with Gasteiger partial charge in [-0.3, -0.25) is 4.79 Å². The average Bonchev–Trinajstić information content (AvgIpc) is 3.07. The Morgan fingerprint density at radius 3 is 2.12 bits per heavy atom. The summed E-state index contributed by atoms with van der Waals surface area (Å²) in [6.07, 6.45) is -11.3. The van der Waals surface area contributed by atoms with E-state index in [2.05, 4.69) is 0 Å². The fourth-order valence-corrected chi connectivity index (χ4v) is 3.87. The minimum absolute atomic E-state index is 0.00229. The van der Waals surface area contributed by atoms with Crippen LogP contribution in [0.2, 0.25) is 0 Å². The smallest absolute Gasteiger partial charge is 0.425 e. The number of sulfone groups is 1. The van der Waals surface area contributed by atoms with Crippen LogP contribution in [0.1, 0.15) is 34.0 Å². The minimum Gasteiger partial charge on any atom is -0.480 e. The van der Waals surface area contributed by atoms with Crippen molar-refractivity contribution in [3.63, 3.8) is 0 Å². The number of ether oxygens (including phenoxy) is 1. The third-order valence-corrected chi connectivity index (χ3v) is 6.09. The molecule has 2 aromatic rings. The van der Waals surface area contributed by atoms with Crippen molar-refractivity contribution >= 4 is 15.7 Å². The van der Waals surface area contributed by atoms with Gasteiger partial charge in [0.2, 0.25) is 0 Å². The van der Waals surface area contributed by atoms with Crippen LogP contribution in [0.25, 0.3) is 0 Å². The molecule has 1 aliphatic rings. The lowest BCUT2D eigenvalue weighted by Gasteiger charge is -2.22. The van der Waals surface area contributed by atoms with E-state index in [1.807, 2.05) is 0 Å². The highest BCUT2D eigenvalue weighted by atomic mass is 32.2. The molecule has 2 aromatic carbocycles. The number of benzene rings is 2. The number of alkyl halides is 6. The van der Waals surface area contributed by atoms with Gasteiger partial charge >= 0.3 is 12.4 Å². The summed E-state index contributed by atoms with van der Waals surface area (Å²) in [5, 5.41) is 0. The molecule has 0 radical (unpaired) electrons. The van der Waals surface area contributed by atoms with Gasteiger partial charge in [-0.1, -0.05) is 0 Å². The topological polar surface area (TPSA) is 63.7 Å². The van der Waals surface area contributed by atoms with Crippen LogP contribution >= 0.6 is 0 Å². The zero-order valence-corrected chi connectivity index (χ0v) is 17.8. The normalized spacial score (nSPS) is 15.4. The number of amides is 1. The van der Waals surface area contributed by atoms with E-state index < -0.39 is 63.4 Å². The molecule has 0 aromatic heterocycles. The van der Waals surface area contributed by atoms with E-state index in [1.54, 1.807) is 0 Å². The number of nitrogens with zero attached hydrogens (tertiary/aromatic N) is 1.